The molecule has 0 spiro atoms. The Labute approximate surface area is 118 Å². The number of alkyl halides is 3. The Morgan fingerprint density at radius 3 is 2.29 bits per heavy atom. The van der Waals surface area contributed by atoms with E-state index in [0.717, 1.165) is 7.11 Å². The van der Waals surface area contributed by atoms with Crippen molar-refractivity contribution in [3.63, 3.8) is 0 Å². The number of sulfonamides is 1. The van der Waals surface area contributed by atoms with Gasteiger partial charge in [0.15, 0.2) is 0 Å². The minimum atomic E-state index is -5.68. The van der Waals surface area contributed by atoms with Crippen LogP contribution in [0, 0.1) is 0 Å². The van der Waals surface area contributed by atoms with Crippen LogP contribution in [0.25, 0.3) is 0 Å². The molecule has 0 amide bonds. The first-order valence-corrected chi connectivity index (χ1v) is 6.99. The molecule has 1 atom stereocenters. The molecule has 0 heterocycles. The Bertz CT molecular complexity index is 597. The summed E-state index contributed by atoms with van der Waals surface area (Å²) in [4.78, 5) is 11.4. The summed E-state index contributed by atoms with van der Waals surface area (Å²) in [6.07, 6.45) is -0.359. The number of methoxy groups -OCH3 is 1. The van der Waals surface area contributed by atoms with Crippen molar-refractivity contribution in [2.75, 3.05) is 7.11 Å². The van der Waals surface area contributed by atoms with Crippen molar-refractivity contribution in [3.05, 3.63) is 29.8 Å². The zero-order valence-corrected chi connectivity index (χ0v) is 11.5. The van der Waals surface area contributed by atoms with E-state index in [9.17, 15) is 26.4 Å². The molecule has 21 heavy (non-hydrogen) atoms. The van der Waals surface area contributed by atoms with E-state index in [-0.39, 0.29) is 12.2 Å². The molecule has 1 aromatic carbocycles. The fraction of sp³-hybridized carbons (Fsp3) is 0.364. The smallest absolute Gasteiger partial charge is 0.508 e. The molecular formula is C11H12F3NO5S. The van der Waals surface area contributed by atoms with Gasteiger partial charge in [0.1, 0.15) is 11.8 Å². The van der Waals surface area contributed by atoms with E-state index in [1.54, 1.807) is 0 Å². The van der Waals surface area contributed by atoms with E-state index in [4.69, 9.17) is 5.11 Å². The lowest BCUT2D eigenvalue weighted by Crippen LogP contribution is -2.47. The number of phenols is 1. The molecule has 0 aliphatic heterocycles. The summed E-state index contributed by atoms with van der Waals surface area (Å²) in [7, 11) is -4.76. The highest BCUT2D eigenvalue weighted by Gasteiger charge is 2.47. The summed E-state index contributed by atoms with van der Waals surface area (Å²) in [5, 5.41) is 9.09. The third-order valence-electron chi connectivity index (χ3n) is 2.46. The summed E-state index contributed by atoms with van der Waals surface area (Å²) in [6, 6.07) is 3.45. The zero-order chi connectivity index (χ0) is 16.3. The first-order chi connectivity index (χ1) is 9.56. The van der Waals surface area contributed by atoms with E-state index in [1.807, 2.05) is 0 Å². The van der Waals surface area contributed by atoms with Crippen LogP contribution in [0.5, 0.6) is 5.75 Å². The van der Waals surface area contributed by atoms with Gasteiger partial charge in [0, 0.05) is 0 Å². The highest BCUT2D eigenvalue weighted by atomic mass is 32.2. The van der Waals surface area contributed by atoms with Crippen molar-refractivity contribution in [2.45, 2.75) is 18.0 Å². The first-order valence-electron chi connectivity index (χ1n) is 5.51. The number of phenolic OH excluding ortho intramolecular Hbond substituents is 1. The predicted octanol–water partition coefficient (Wildman–Crippen LogP) is 0.915. The second-order valence-electron chi connectivity index (χ2n) is 4.01. The van der Waals surface area contributed by atoms with Gasteiger partial charge in [0.05, 0.1) is 7.11 Å². The number of aromatic hydroxyl groups is 1. The summed E-state index contributed by atoms with van der Waals surface area (Å²) in [6.45, 7) is 0. The van der Waals surface area contributed by atoms with Crippen molar-refractivity contribution in [1.82, 2.24) is 4.72 Å². The van der Waals surface area contributed by atoms with Gasteiger partial charge < -0.3 is 9.84 Å². The maximum absolute atomic E-state index is 12.3. The molecule has 0 bridgehead atoms. The van der Waals surface area contributed by atoms with Crippen molar-refractivity contribution in [3.8, 4) is 5.75 Å². The van der Waals surface area contributed by atoms with Gasteiger partial charge in [0.2, 0.25) is 0 Å². The normalized spacial score (nSPS) is 13.7. The van der Waals surface area contributed by atoms with E-state index >= 15 is 0 Å². The van der Waals surface area contributed by atoms with Gasteiger partial charge in [-0.1, -0.05) is 12.1 Å². The summed E-state index contributed by atoms with van der Waals surface area (Å²) >= 11 is 0. The minimum Gasteiger partial charge on any atom is -0.508 e. The molecule has 118 valence electrons. The number of benzene rings is 1. The highest BCUT2D eigenvalue weighted by molar-refractivity contribution is 7.90. The van der Waals surface area contributed by atoms with Crippen LogP contribution in [0.3, 0.4) is 0 Å². The molecule has 0 aliphatic rings. The van der Waals surface area contributed by atoms with Gasteiger partial charge in [-0.15, -0.1) is 0 Å². The molecule has 0 aliphatic carbocycles. The molecule has 0 aromatic heterocycles. The molecule has 1 rings (SSSR count). The quantitative estimate of drug-likeness (QED) is 0.785. The zero-order valence-electron chi connectivity index (χ0n) is 10.7. The van der Waals surface area contributed by atoms with Gasteiger partial charge in [-0.05, 0) is 24.1 Å². The largest absolute Gasteiger partial charge is 0.511 e. The molecule has 0 fully saturated rings. The summed E-state index contributed by atoms with van der Waals surface area (Å²) in [5.41, 5.74) is -5.19. The van der Waals surface area contributed by atoms with E-state index in [0.29, 0.717) is 5.56 Å². The van der Waals surface area contributed by atoms with Gasteiger partial charge in [-0.2, -0.15) is 17.9 Å². The molecule has 1 aromatic rings. The lowest BCUT2D eigenvalue weighted by atomic mass is 10.1. The number of esters is 1. The van der Waals surface area contributed by atoms with Crippen LogP contribution in [0.2, 0.25) is 0 Å². The van der Waals surface area contributed by atoms with Crippen molar-refractivity contribution in [2.24, 2.45) is 0 Å². The third kappa shape index (κ3) is 4.60. The number of halogens is 3. The second-order valence-corrected chi connectivity index (χ2v) is 5.72. The number of hydrogen-bond acceptors (Lipinski definition) is 5. The van der Waals surface area contributed by atoms with Crippen LogP contribution < -0.4 is 4.72 Å². The highest BCUT2D eigenvalue weighted by Crippen LogP contribution is 2.22. The number of carbonyl (C=O) groups excluding carboxylic acids is 1. The number of rotatable bonds is 5. The number of carbonyl (C=O) groups is 1. The molecule has 2 N–H and O–H groups in total. The van der Waals surface area contributed by atoms with Crippen molar-refractivity contribution < 1.29 is 36.2 Å². The second kappa shape index (κ2) is 6.31. The van der Waals surface area contributed by atoms with E-state index < -0.39 is 27.5 Å². The SMILES string of the molecule is COC(=O)[C@H](Cc1ccc(O)cc1)NS(=O)(=O)C(F)(F)F. The molecule has 0 saturated carbocycles. The monoisotopic (exact) mass is 327 g/mol. The average Bonchev–Trinajstić information content (AvgIpc) is 2.38. The Morgan fingerprint density at radius 2 is 1.86 bits per heavy atom. The van der Waals surface area contributed by atoms with Crippen LogP contribution >= 0.6 is 0 Å². The molecule has 0 radical (unpaired) electrons. The van der Waals surface area contributed by atoms with Crippen LogP contribution in [0.15, 0.2) is 24.3 Å². The lowest BCUT2D eigenvalue weighted by Gasteiger charge is -2.17. The first kappa shape index (κ1) is 17.2. The summed E-state index contributed by atoms with van der Waals surface area (Å²) in [5.74, 6) is -1.24. The molecular weight excluding hydrogens is 315 g/mol. The lowest BCUT2D eigenvalue weighted by molar-refractivity contribution is -0.142. The van der Waals surface area contributed by atoms with E-state index in [2.05, 4.69) is 4.74 Å². The van der Waals surface area contributed by atoms with Crippen LogP contribution in [0.1, 0.15) is 5.56 Å². The van der Waals surface area contributed by atoms with Gasteiger partial charge in [0.25, 0.3) is 0 Å². The molecule has 0 unspecified atom stereocenters. The van der Waals surface area contributed by atoms with Crippen LogP contribution in [-0.4, -0.2) is 38.2 Å². The van der Waals surface area contributed by atoms with Gasteiger partial charge in [-0.25, -0.2) is 8.42 Å². The van der Waals surface area contributed by atoms with Gasteiger partial charge in [-0.3, -0.25) is 4.79 Å². The molecule has 6 nitrogen and oxygen atoms in total. The fourth-order valence-electron chi connectivity index (χ4n) is 1.44. The number of nitrogens with one attached hydrogen (secondary N) is 1. The van der Waals surface area contributed by atoms with E-state index in [1.165, 1.54) is 29.0 Å². The molecule has 0 saturated heterocycles. The maximum Gasteiger partial charge on any atom is 0.511 e. The minimum absolute atomic E-state index is 0.0794. The van der Waals surface area contributed by atoms with Crippen molar-refractivity contribution in [1.29, 1.82) is 0 Å². The standard InChI is InChI=1S/C11H12F3NO5S/c1-20-10(17)9(15-21(18,19)11(12,13)14)6-7-2-4-8(16)5-3-7/h2-5,9,15-16H,6H2,1H3/t9-/m0/s1. The van der Waals surface area contributed by atoms with Gasteiger partial charge >= 0.3 is 21.5 Å². The number of ether oxygens (including phenoxy) is 1. The Balaban J connectivity index is 2.97. The Morgan fingerprint density at radius 1 is 1.33 bits per heavy atom. The van der Waals surface area contributed by atoms with Crippen molar-refractivity contribution >= 4 is 16.0 Å². The Kier molecular flexibility index (Phi) is 5.18. The predicted molar refractivity (Wildman–Crippen MR) is 65.7 cm³/mol. The maximum atomic E-state index is 12.3. The fourth-order valence-corrected chi connectivity index (χ4v) is 2.12. The Hall–Kier alpha value is -1.81. The molecule has 10 heteroatoms. The topological polar surface area (TPSA) is 92.7 Å². The van der Waals surface area contributed by atoms with Crippen LogP contribution in [-0.2, 0) is 26.0 Å². The average molecular weight is 327 g/mol. The number of hydrogen-bond donors (Lipinski definition) is 2. The van der Waals surface area contributed by atoms with Crippen LogP contribution in [0.4, 0.5) is 13.2 Å². The summed E-state index contributed by atoms with van der Waals surface area (Å²) < 4.78 is 64.6. The third-order valence-corrected chi connectivity index (χ3v) is 3.67.